The molecule has 1 heterocycles. The van der Waals surface area contributed by atoms with Gasteiger partial charge in [-0.05, 0) is 37.3 Å². The Morgan fingerprint density at radius 1 is 1.23 bits per heavy atom. The molecule has 2 aromatic carbocycles. The molecule has 3 aromatic rings. The Kier molecular flexibility index (Phi) is 7.47. The maximum Gasteiger partial charge on any atom is 0.234 e. The monoisotopic (exact) mass is 466 g/mol. The zero-order chi connectivity index (χ0) is 21.7. The average Bonchev–Trinajstić information content (AvgIpc) is 3.09. The van der Waals surface area contributed by atoms with Gasteiger partial charge in [0.25, 0.3) is 0 Å². The summed E-state index contributed by atoms with van der Waals surface area (Å²) >= 11 is 13.4. The van der Waals surface area contributed by atoms with Crippen molar-refractivity contribution >= 4 is 46.6 Å². The molecule has 1 amide bonds. The zero-order valence-electron chi connectivity index (χ0n) is 16.6. The van der Waals surface area contributed by atoms with Crippen LogP contribution in [0, 0.1) is 0 Å². The maximum absolute atomic E-state index is 12.3. The van der Waals surface area contributed by atoms with E-state index in [2.05, 4.69) is 15.5 Å². The fourth-order valence-corrected chi connectivity index (χ4v) is 3.82. The SMILES string of the molecule is COc1cccc(NC(=O)CSc2nnc(C(C)Oc3ccc(Cl)cc3Cl)n2C)c1. The predicted octanol–water partition coefficient (Wildman–Crippen LogP) is 5.00. The Morgan fingerprint density at radius 2 is 2.03 bits per heavy atom. The minimum atomic E-state index is -0.402. The lowest BCUT2D eigenvalue weighted by molar-refractivity contribution is -0.113. The van der Waals surface area contributed by atoms with Crippen molar-refractivity contribution in [3.63, 3.8) is 0 Å². The molecule has 0 aliphatic carbocycles. The van der Waals surface area contributed by atoms with Gasteiger partial charge in [0.05, 0.1) is 17.9 Å². The van der Waals surface area contributed by atoms with E-state index in [1.165, 1.54) is 11.8 Å². The Labute approximate surface area is 188 Å². The Morgan fingerprint density at radius 3 is 2.77 bits per heavy atom. The fraction of sp³-hybridized carbons (Fsp3) is 0.250. The summed E-state index contributed by atoms with van der Waals surface area (Å²) in [6.07, 6.45) is -0.402. The molecule has 7 nitrogen and oxygen atoms in total. The molecule has 0 aliphatic heterocycles. The summed E-state index contributed by atoms with van der Waals surface area (Å²) < 4.78 is 12.8. The first-order valence-corrected chi connectivity index (χ1v) is 10.7. The van der Waals surface area contributed by atoms with Crippen LogP contribution >= 0.6 is 35.0 Å². The third-order valence-electron chi connectivity index (χ3n) is 4.12. The molecule has 0 radical (unpaired) electrons. The van der Waals surface area contributed by atoms with Gasteiger partial charge in [-0.25, -0.2) is 0 Å². The molecule has 0 bridgehead atoms. The summed E-state index contributed by atoms with van der Waals surface area (Å²) in [4.78, 5) is 12.3. The highest BCUT2D eigenvalue weighted by Gasteiger charge is 2.19. The summed E-state index contributed by atoms with van der Waals surface area (Å²) in [6.45, 7) is 1.85. The van der Waals surface area contributed by atoms with Crippen molar-refractivity contribution in [2.24, 2.45) is 7.05 Å². The Balaban J connectivity index is 1.59. The van der Waals surface area contributed by atoms with Crippen LogP contribution in [0.15, 0.2) is 47.6 Å². The molecule has 3 rings (SSSR count). The third-order valence-corrected chi connectivity index (χ3v) is 5.67. The predicted molar refractivity (Wildman–Crippen MR) is 119 cm³/mol. The van der Waals surface area contributed by atoms with Crippen molar-refractivity contribution in [3.8, 4) is 11.5 Å². The van der Waals surface area contributed by atoms with E-state index < -0.39 is 6.10 Å². The van der Waals surface area contributed by atoms with E-state index in [4.69, 9.17) is 32.7 Å². The van der Waals surface area contributed by atoms with Gasteiger partial charge in [0.15, 0.2) is 17.1 Å². The molecule has 1 aromatic heterocycles. The van der Waals surface area contributed by atoms with E-state index in [0.717, 1.165) is 0 Å². The summed E-state index contributed by atoms with van der Waals surface area (Å²) in [6, 6.07) is 12.2. The van der Waals surface area contributed by atoms with Crippen molar-refractivity contribution in [2.75, 3.05) is 18.2 Å². The van der Waals surface area contributed by atoms with Crippen molar-refractivity contribution in [3.05, 3.63) is 58.3 Å². The number of hydrogen-bond donors (Lipinski definition) is 1. The smallest absolute Gasteiger partial charge is 0.234 e. The number of halogens is 2. The van der Waals surface area contributed by atoms with Gasteiger partial charge in [-0.3, -0.25) is 4.79 Å². The Bertz CT molecular complexity index is 1040. The van der Waals surface area contributed by atoms with Crippen LogP contribution < -0.4 is 14.8 Å². The number of aromatic nitrogens is 3. The molecule has 0 aliphatic rings. The molecule has 30 heavy (non-hydrogen) atoms. The molecular weight excluding hydrogens is 447 g/mol. The summed E-state index contributed by atoms with van der Waals surface area (Å²) in [5.74, 6) is 1.81. The van der Waals surface area contributed by atoms with Crippen LogP contribution in [0.4, 0.5) is 5.69 Å². The molecule has 0 saturated carbocycles. The van der Waals surface area contributed by atoms with Crippen molar-refractivity contribution in [2.45, 2.75) is 18.2 Å². The van der Waals surface area contributed by atoms with E-state index in [9.17, 15) is 4.79 Å². The van der Waals surface area contributed by atoms with Crippen LogP contribution in [0.3, 0.4) is 0 Å². The second kappa shape index (κ2) is 10.1. The summed E-state index contributed by atoms with van der Waals surface area (Å²) in [5, 5.41) is 12.7. The highest BCUT2D eigenvalue weighted by Crippen LogP contribution is 2.31. The van der Waals surface area contributed by atoms with Gasteiger partial charge in [0, 0.05) is 23.8 Å². The van der Waals surface area contributed by atoms with Gasteiger partial charge in [-0.15, -0.1) is 10.2 Å². The molecule has 0 saturated heterocycles. The number of methoxy groups -OCH3 is 1. The quantitative estimate of drug-likeness (QED) is 0.470. The number of ether oxygens (including phenoxy) is 2. The number of amides is 1. The van der Waals surface area contributed by atoms with Gasteiger partial charge < -0.3 is 19.4 Å². The third kappa shape index (κ3) is 5.59. The lowest BCUT2D eigenvalue weighted by Crippen LogP contribution is -2.15. The highest BCUT2D eigenvalue weighted by molar-refractivity contribution is 7.99. The number of nitrogens with zero attached hydrogens (tertiary/aromatic N) is 3. The number of benzene rings is 2. The molecule has 0 spiro atoms. The molecular formula is C20H20Cl2N4O3S. The minimum Gasteiger partial charge on any atom is -0.497 e. The zero-order valence-corrected chi connectivity index (χ0v) is 18.9. The van der Waals surface area contributed by atoms with Crippen molar-refractivity contribution < 1.29 is 14.3 Å². The summed E-state index contributed by atoms with van der Waals surface area (Å²) in [5.41, 5.74) is 0.667. The number of nitrogens with one attached hydrogen (secondary N) is 1. The van der Waals surface area contributed by atoms with Gasteiger partial charge in [0.1, 0.15) is 11.5 Å². The van der Waals surface area contributed by atoms with Crippen LogP contribution in [0.25, 0.3) is 0 Å². The van der Waals surface area contributed by atoms with Crippen LogP contribution in [0.1, 0.15) is 18.9 Å². The van der Waals surface area contributed by atoms with Gasteiger partial charge in [-0.2, -0.15) is 0 Å². The molecule has 10 heteroatoms. The highest BCUT2D eigenvalue weighted by atomic mass is 35.5. The van der Waals surface area contributed by atoms with E-state index in [1.54, 1.807) is 42.0 Å². The maximum atomic E-state index is 12.3. The first-order valence-electron chi connectivity index (χ1n) is 8.95. The Hall–Kier alpha value is -2.42. The van der Waals surface area contributed by atoms with E-state index in [-0.39, 0.29) is 11.7 Å². The number of carbonyl (C=O) groups is 1. The first-order chi connectivity index (χ1) is 14.4. The van der Waals surface area contributed by atoms with Gasteiger partial charge >= 0.3 is 0 Å². The standard InChI is InChI=1S/C20H20Cl2N4O3S/c1-12(29-17-8-7-13(21)9-16(17)22)19-24-25-20(26(19)2)30-11-18(27)23-14-5-4-6-15(10-14)28-3/h4-10,12H,11H2,1-3H3,(H,23,27). The normalized spacial score (nSPS) is 11.8. The topological polar surface area (TPSA) is 78.3 Å². The molecule has 1 atom stereocenters. The minimum absolute atomic E-state index is 0.157. The molecule has 1 N–H and O–H groups in total. The molecule has 158 valence electrons. The number of carbonyl (C=O) groups excluding carboxylic acids is 1. The van der Waals surface area contributed by atoms with Crippen molar-refractivity contribution in [1.82, 2.24) is 14.8 Å². The van der Waals surface area contributed by atoms with E-state index in [0.29, 0.717) is 38.2 Å². The summed E-state index contributed by atoms with van der Waals surface area (Å²) in [7, 11) is 3.40. The second-order valence-electron chi connectivity index (χ2n) is 6.30. The molecule has 0 fully saturated rings. The largest absolute Gasteiger partial charge is 0.497 e. The van der Waals surface area contributed by atoms with Crippen LogP contribution in [-0.2, 0) is 11.8 Å². The number of hydrogen-bond acceptors (Lipinski definition) is 6. The number of rotatable bonds is 8. The van der Waals surface area contributed by atoms with E-state index in [1.807, 2.05) is 26.1 Å². The number of thioether (sulfide) groups is 1. The lowest BCUT2D eigenvalue weighted by atomic mass is 10.3. The van der Waals surface area contributed by atoms with Crippen molar-refractivity contribution in [1.29, 1.82) is 0 Å². The average molecular weight is 467 g/mol. The fourth-order valence-electron chi connectivity index (χ4n) is 2.65. The second-order valence-corrected chi connectivity index (χ2v) is 8.09. The van der Waals surface area contributed by atoms with Gasteiger partial charge in [0.2, 0.25) is 5.91 Å². The van der Waals surface area contributed by atoms with Crippen LogP contribution in [0.2, 0.25) is 10.0 Å². The van der Waals surface area contributed by atoms with Crippen LogP contribution in [0.5, 0.6) is 11.5 Å². The molecule has 1 unspecified atom stereocenters. The van der Waals surface area contributed by atoms with Gasteiger partial charge in [-0.1, -0.05) is 41.0 Å². The van der Waals surface area contributed by atoms with Crippen LogP contribution in [-0.4, -0.2) is 33.5 Å². The lowest BCUT2D eigenvalue weighted by Gasteiger charge is -2.15. The number of anilines is 1. The van der Waals surface area contributed by atoms with E-state index >= 15 is 0 Å². The first kappa shape index (κ1) is 22.3.